The lowest BCUT2D eigenvalue weighted by molar-refractivity contribution is -0.384. The molecule has 1 fully saturated rings. The highest BCUT2D eigenvalue weighted by Crippen LogP contribution is 2.35. The number of benzene rings is 2. The Morgan fingerprint density at radius 1 is 1.21 bits per heavy atom. The molecular weight excluding hydrogens is 326 g/mol. The normalized spacial score (nSPS) is 16.0. The molecule has 0 saturated carbocycles. The molecule has 2 aromatic carbocycles. The van der Waals surface area contributed by atoms with Crippen molar-refractivity contribution in [2.45, 2.75) is 6.92 Å². The van der Waals surface area contributed by atoms with Gasteiger partial charge in [0, 0.05) is 12.1 Å². The minimum absolute atomic E-state index is 0.0367. The quantitative estimate of drug-likeness (QED) is 0.521. The molecule has 0 bridgehead atoms. The number of nitro benzene ring substituents is 1. The standard InChI is InChI=1S/C17H13N3O3S/c1-11-4-2-6-13(8-11)19-16(21)15(24-17(19)18)10-12-5-3-7-14(9-12)20(22)23/h2-10,18H,1H3/b15-10-,18-17?. The molecule has 0 aromatic heterocycles. The highest BCUT2D eigenvalue weighted by molar-refractivity contribution is 8.19. The minimum atomic E-state index is -0.479. The van der Waals surface area contributed by atoms with Crippen LogP contribution in [0.15, 0.2) is 53.4 Å². The summed E-state index contributed by atoms with van der Waals surface area (Å²) < 4.78 is 0. The number of nitro groups is 1. The van der Waals surface area contributed by atoms with Crippen LogP contribution in [0.2, 0.25) is 0 Å². The van der Waals surface area contributed by atoms with E-state index in [4.69, 9.17) is 5.41 Å². The molecule has 7 heteroatoms. The van der Waals surface area contributed by atoms with Gasteiger partial charge in [-0.25, -0.2) is 0 Å². The van der Waals surface area contributed by atoms with Crippen molar-refractivity contribution in [3.05, 3.63) is 74.7 Å². The summed E-state index contributed by atoms with van der Waals surface area (Å²) in [4.78, 5) is 24.7. The summed E-state index contributed by atoms with van der Waals surface area (Å²) in [6.45, 7) is 1.92. The number of rotatable bonds is 3. The molecule has 120 valence electrons. The molecule has 1 N–H and O–H groups in total. The van der Waals surface area contributed by atoms with E-state index >= 15 is 0 Å². The van der Waals surface area contributed by atoms with Gasteiger partial charge >= 0.3 is 0 Å². The molecule has 6 nitrogen and oxygen atoms in total. The highest BCUT2D eigenvalue weighted by Gasteiger charge is 2.33. The van der Waals surface area contributed by atoms with E-state index in [1.165, 1.54) is 17.0 Å². The average Bonchev–Trinajstić information content (AvgIpc) is 2.81. The number of hydrogen-bond acceptors (Lipinski definition) is 5. The molecule has 1 aliphatic heterocycles. The van der Waals surface area contributed by atoms with Crippen molar-refractivity contribution in [1.29, 1.82) is 5.41 Å². The van der Waals surface area contributed by atoms with E-state index in [9.17, 15) is 14.9 Å². The number of anilines is 1. The van der Waals surface area contributed by atoms with E-state index < -0.39 is 4.92 Å². The number of aryl methyl sites for hydroxylation is 1. The molecule has 0 radical (unpaired) electrons. The molecule has 1 amide bonds. The number of amidine groups is 1. The predicted octanol–water partition coefficient (Wildman–Crippen LogP) is 3.96. The number of non-ortho nitro benzene ring substituents is 1. The number of carbonyl (C=O) groups is 1. The van der Waals surface area contributed by atoms with Crippen molar-refractivity contribution in [3.8, 4) is 0 Å². The van der Waals surface area contributed by atoms with Crippen molar-refractivity contribution in [2.75, 3.05) is 4.90 Å². The molecule has 3 rings (SSSR count). The van der Waals surface area contributed by atoms with Crippen LogP contribution >= 0.6 is 11.8 Å². The van der Waals surface area contributed by atoms with Gasteiger partial charge in [0.05, 0.1) is 15.5 Å². The van der Waals surface area contributed by atoms with Crippen LogP contribution in [0.5, 0.6) is 0 Å². The fraction of sp³-hybridized carbons (Fsp3) is 0.0588. The van der Waals surface area contributed by atoms with Crippen LogP contribution in [0.3, 0.4) is 0 Å². The molecule has 0 spiro atoms. The Labute approximate surface area is 142 Å². The summed E-state index contributed by atoms with van der Waals surface area (Å²) in [5, 5.41) is 19.0. The molecular formula is C17H13N3O3S. The number of thioether (sulfide) groups is 1. The molecule has 1 saturated heterocycles. The van der Waals surface area contributed by atoms with Crippen molar-refractivity contribution in [1.82, 2.24) is 0 Å². The maximum Gasteiger partial charge on any atom is 0.271 e. The van der Waals surface area contributed by atoms with Gasteiger partial charge in [-0.05, 0) is 48.0 Å². The Morgan fingerprint density at radius 3 is 2.67 bits per heavy atom. The lowest BCUT2D eigenvalue weighted by Crippen LogP contribution is -2.28. The Kier molecular flexibility index (Phi) is 4.18. The number of hydrogen-bond donors (Lipinski definition) is 1. The predicted molar refractivity (Wildman–Crippen MR) is 95.1 cm³/mol. The first-order chi connectivity index (χ1) is 11.5. The molecule has 1 aliphatic rings. The van der Waals surface area contributed by atoms with Gasteiger partial charge in [0.25, 0.3) is 11.6 Å². The Balaban J connectivity index is 1.94. The fourth-order valence-corrected chi connectivity index (χ4v) is 3.23. The Bertz CT molecular complexity index is 892. The number of nitrogens with one attached hydrogen (secondary N) is 1. The summed E-state index contributed by atoms with van der Waals surface area (Å²) >= 11 is 1.04. The summed E-state index contributed by atoms with van der Waals surface area (Å²) in [6, 6.07) is 13.4. The first-order valence-electron chi connectivity index (χ1n) is 7.09. The van der Waals surface area contributed by atoms with Gasteiger partial charge in [-0.1, -0.05) is 24.3 Å². The van der Waals surface area contributed by atoms with Gasteiger partial charge in [0.2, 0.25) is 0 Å². The maximum absolute atomic E-state index is 12.6. The topological polar surface area (TPSA) is 87.3 Å². The maximum atomic E-state index is 12.6. The summed E-state index contributed by atoms with van der Waals surface area (Å²) in [5.41, 5.74) is 2.15. The van der Waals surface area contributed by atoms with Crippen LogP contribution in [0, 0.1) is 22.4 Å². The third kappa shape index (κ3) is 3.07. The monoisotopic (exact) mass is 339 g/mol. The van der Waals surface area contributed by atoms with Gasteiger partial charge in [0.1, 0.15) is 0 Å². The van der Waals surface area contributed by atoms with Crippen LogP contribution in [0.1, 0.15) is 11.1 Å². The van der Waals surface area contributed by atoms with Crippen LogP contribution < -0.4 is 4.90 Å². The van der Waals surface area contributed by atoms with E-state index in [1.54, 1.807) is 24.3 Å². The molecule has 24 heavy (non-hydrogen) atoms. The largest absolute Gasteiger partial charge is 0.278 e. The first kappa shape index (κ1) is 15.9. The van der Waals surface area contributed by atoms with Crippen molar-refractivity contribution >= 4 is 40.3 Å². The van der Waals surface area contributed by atoms with Crippen molar-refractivity contribution < 1.29 is 9.72 Å². The van der Waals surface area contributed by atoms with Crippen LogP contribution in [-0.2, 0) is 4.79 Å². The third-order valence-corrected chi connectivity index (χ3v) is 4.35. The molecule has 0 atom stereocenters. The Morgan fingerprint density at radius 2 is 1.96 bits per heavy atom. The summed E-state index contributed by atoms with van der Waals surface area (Å²) in [7, 11) is 0. The summed E-state index contributed by atoms with van der Waals surface area (Å²) in [6.07, 6.45) is 1.57. The number of carbonyl (C=O) groups excluding carboxylic acids is 1. The zero-order valence-corrected chi connectivity index (χ0v) is 13.5. The first-order valence-corrected chi connectivity index (χ1v) is 7.91. The lowest BCUT2D eigenvalue weighted by Gasteiger charge is -2.14. The second-order valence-electron chi connectivity index (χ2n) is 5.25. The third-order valence-electron chi connectivity index (χ3n) is 3.46. The second kappa shape index (κ2) is 6.29. The second-order valence-corrected chi connectivity index (χ2v) is 6.28. The van der Waals surface area contributed by atoms with Gasteiger partial charge in [-0.2, -0.15) is 0 Å². The van der Waals surface area contributed by atoms with E-state index in [0.717, 1.165) is 17.3 Å². The van der Waals surface area contributed by atoms with Crippen LogP contribution in [0.25, 0.3) is 6.08 Å². The molecule has 0 unspecified atom stereocenters. The lowest BCUT2D eigenvalue weighted by atomic mass is 10.1. The zero-order valence-electron chi connectivity index (χ0n) is 12.7. The summed E-state index contributed by atoms with van der Waals surface area (Å²) in [5.74, 6) is -0.304. The number of amides is 1. The minimum Gasteiger partial charge on any atom is -0.278 e. The van der Waals surface area contributed by atoms with Gasteiger partial charge < -0.3 is 0 Å². The number of nitrogens with zero attached hydrogens (tertiary/aromatic N) is 2. The van der Waals surface area contributed by atoms with Gasteiger partial charge in [-0.15, -0.1) is 0 Å². The van der Waals surface area contributed by atoms with E-state index in [1.807, 2.05) is 25.1 Å². The molecule has 0 aliphatic carbocycles. The zero-order chi connectivity index (χ0) is 17.3. The fourth-order valence-electron chi connectivity index (χ4n) is 2.37. The van der Waals surface area contributed by atoms with Gasteiger partial charge in [0.15, 0.2) is 5.17 Å². The van der Waals surface area contributed by atoms with Crippen molar-refractivity contribution in [3.63, 3.8) is 0 Å². The smallest absolute Gasteiger partial charge is 0.271 e. The van der Waals surface area contributed by atoms with E-state index in [-0.39, 0.29) is 16.8 Å². The van der Waals surface area contributed by atoms with Crippen LogP contribution in [-0.4, -0.2) is 16.0 Å². The van der Waals surface area contributed by atoms with Crippen LogP contribution in [0.4, 0.5) is 11.4 Å². The molecule has 2 aromatic rings. The average molecular weight is 339 g/mol. The van der Waals surface area contributed by atoms with E-state index in [0.29, 0.717) is 16.2 Å². The van der Waals surface area contributed by atoms with E-state index in [2.05, 4.69) is 0 Å². The SMILES string of the molecule is Cc1cccc(N2C(=N)S/C(=C\c3cccc([N+](=O)[O-])c3)C2=O)c1. The highest BCUT2D eigenvalue weighted by atomic mass is 32.2. The van der Waals surface area contributed by atoms with Gasteiger partial charge in [-0.3, -0.25) is 25.2 Å². The molecule has 1 heterocycles. The Hall–Kier alpha value is -2.93. The van der Waals surface area contributed by atoms with Crippen molar-refractivity contribution in [2.24, 2.45) is 0 Å².